The molecule has 0 aliphatic carbocycles. The highest BCUT2D eigenvalue weighted by molar-refractivity contribution is 6.42. The average Bonchev–Trinajstić information content (AvgIpc) is 3.01. The molecule has 2 aromatic carbocycles. The quantitative estimate of drug-likeness (QED) is 0.0827. The third kappa shape index (κ3) is 12.1. The summed E-state index contributed by atoms with van der Waals surface area (Å²) in [6.07, 6.45) is 2.43. The molecule has 2 N–H and O–H groups in total. The van der Waals surface area contributed by atoms with Gasteiger partial charge in [0.25, 0.3) is 0 Å². The van der Waals surface area contributed by atoms with E-state index in [1.54, 1.807) is 12.1 Å². The molecule has 0 spiro atoms. The molecule has 3 rings (SSSR count). The van der Waals surface area contributed by atoms with Crippen LogP contribution in [0.1, 0.15) is 0 Å². The van der Waals surface area contributed by atoms with Crippen molar-refractivity contribution in [2.75, 3.05) is 90.0 Å². The zero-order valence-electron chi connectivity index (χ0n) is 23.9. The number of ether oxygens (including phenoxy) is 6. The van der Waals surface area contributed by atoms with Gasteiger partial charge in [-0.2, -0.15) is 0 Å². The van der Waals surface area contributed by atoms with Crippen LogP contribution in [-0.2, 0) is 28.5 Å². The largest absolute Gasteiger partial charge is 0.489 e. The van der Waals surface area contributed by atoms with E-state index in [-0.39, 0.29) is 41.4 Å². The number of hydrogen-bond acceptors (Lipinski definition) is 10. The summed E-state index contributed by atoms with van der Waals surface area (Å²) in [6.45, 7) is 6.61. The van der Waals surface area contributed by atoms with Gasteiger partial charge in [0, 0.05) is 11.5 Å². The predicted molar refractivity (Wildman–Crippen MR) is 164 cm³/mol. The topological polar surface area (TPSA) is 122 Å². The molecule has 0 unspecified atom stereocenters. The van der Waals surface area contributed by atoms with Gasteiger partial charge in [0.05, 0.1) is 93.0 Å². The van der Waals surface area contributed by atoms with E-state index in [0.717, 1.165) is 12.1 Å². The van der Waals surface area contributed by atoms with E-state index in [1.807, 2.05) is 0 Å². The molecule has 0 fully saturated rings. The molecule has 0 saturated heterocycles. The molecule has 1 aromatic heterocycles. The van der Waals surface area contributed by atoms with Crippen LogP contribution in [-0.4, -0.2) is 95.2 Å². The van der Waals surface area contributed by atoms with Gasteiger partial charge in [-0.25, -0.2) is 18.7 Å². The number of alkyl halides is 1. The number of carbonyl (C=O) groups excluding carboxylic acids is 1. The third-order valence-corrected chi connectivity index (χ3v) is 6.36. The van der Waals surface area contributed by atoms with Gasteiger partial charge in [-0.3, -0.25) is 4.79 Å². The van der Waals surface area contributed by atoms with Crippen LogP contribution < -0.4 is 15.4 Å². The molecular formula is C29H34Cl2F2N4O7. The fraction of sp³-hybridized carbons (Fsp3) is 0.414. The Hall–Kier alpha value is -3.17. The standard InChI is InChI=1S/C29H34Cl2F2N4O7/c1-2-28(38)36-26-15-20-24(34-19-35-29(20)37-25-17-22(31)21(30)16-23(25)33)18-27(26)44-14-13-43-12-11-42-10-9-41-8-7-40-6-5-39-4-3-32/h2,15-19H,1,3-14H2,(H,36,38)(H,34,35,37). The normalized spacial score (nSPS) is 11.1. The van der Waals surface area contributed by atoms with Gasteiger partial charge in [-0.1, -0.05) is 29.8 Å². The van der Waals surface area contributed by atoms with Gasteiger partial charge in [-0.15, -0.1) is 0 Å². The van der Waals surface area contributed by atoms with Crippen molar-refractivity contribution in [3.05, 3.63) is 59.1 Å². The maximum atomic E-state index is 14.5. The minimum Gasteiger partial charge on any atom is -0.489 e. The van der Waals surface area contributed by atoms with Crippen LogP contribution in [0.15, 0.2) is 43.2 Å². The highest BCUT2D eigenvalue weighted by atomic mass is 35.5. The lowest BCUT2D eigenvalue weighted by Gasteiger charge is -2.15. The highest BCUT2D eigenvalue weighted by Crippen LogP contribution is 2.35. The first-order chi connectivity index (χ1) is 21.4. The number of rotatable bonds is 22. The van der Waals surface area contributed by atoms with E-state index in [9.17, 15) is 13.6 Å². The maximum absolute atomic E-state index is 14.5. The van der Waals surface area contributed by atoms with E-state index in [0.29, 0.717) is 75.2 Å². The molecule has 240 valence electrons. The SMILES string of the molecule is C=CC(=O)Nc1cc2c(Nc3cc(Cl)c(Cl)cc3F)ncnc2cc1OCCOCCOCCOCCOCCOCCF. The molecule has 1 amide bonds. The molecule has 3 aromatic rings. The van der Waals surface area contributed by atoms with Crippen LogP contribution in [0.3, 0.4) is 0 Å². The van der Waals surface area contributed by atoms with E-state index in [4.69, 9.17) is 51.6 Å². The van der Waals surface area contributed by atoms with Gasteiger partial charge in [0.1, 0.15) is 37.0 Å². The van der Waals surface area contributed by atoms with Gasteiger partial charge in [0.15, 0.2) is 0 Å². The van der Waals surface area contributed by atoms with E-state index < -0.39 is 18.4 Å². The number of halogens is 4. The van der Waals surface area contributed by atoms with Crippen LogP contribution in [0.2, 0.25) is 10.0 Å². The fourth-order valence-electron chi connectivity index (χ4n) is 3.58. The monoisotopic (exact) mass is 658 g/mol. The summed E-state index contributed by atoms with van der Waals surface area (Å²) in [4.78, 5) is 20.6. The number of fused-ring (bicyclic) bond motifs is 1. The van der Waals surface area contributed by atoms with E-state index in [2.05, 4.69) is 27.2 Å². The lowest BCUT2D eigenvalue weighted by molar-refractivity contribution is -0.111. The number of hydrogen-bond donors (Lipinski definition) is 2. The second-order valence-corrected chi connectivity index (χ2v) is 9.57. The summed E-state index contributed by atoms with van der Waals surface area (Å²) >= 11 is 11.9. The number of benzene rings is 2. The minimum absolute atomic E-state index is 0.0597. The molecule has 0 aliphatic heterocycles. The molecule has 1 heterocycles. The van der Waals surface area contributed by atoms with Crippen LogP contribution >= 0.6 is 23.2 Å². The zero-order chi connectivity index (χ0) is 31.6. The van der Waals surface area contributed by atoms with E-state index >= 15 is 0 Å². The first kappa shape index (κ1) is 35.3. The van der Waals surface area contributed by atoms with Crippen molar-refractivity contribution in [3.63, 3.8) is 0 Å². The van der Waals surface area contributed by atoms with Crippen LogP contribution in [0.5, 0.6) is 5.75 Å². The lowest BCUT2D eigenvalue weighted by atomic mass is 10.1. The Bertz CT molecular complexity index is 1360. The summed E-state index contributed by atoms with van der Waals surface area (Å²) < 4.78 is 58.9. The van der Waals surface area contributed by atoms with Crippen molar-refractivity contribution in [1.82, 2.24) is 9.97 Å². The van der Waals surface area contributed by atoms with Crippen molar-refractivity contribution in [3.8, 4) is 5.75 Å². The number of amides is 1. The zero-order valence-corrected chi connectivity index (χ0v) is 25.4. The number of nitrogens with one attached hydrogen (secondary N) is 2. The first-order valence-corrected chi connectivity index (χ1v) is 14.4. The highest BCUT2D eigenvalue weighted by Gasteiger charge is 2.15. The van der Waals surface area contributed by atoms with Gasteiger partial charge >= 0.3 is 0 Å². The molecule has 0 radical (unpaired) electrons. The average molecular weight is 660 g/mol. The molecular weight excluding hydrogens is 625 g/mol. The van der Waals surface area contributed by atoms with Crippen LogP contribution in [0.4, 0.5) is 26.0 Å². The molecule has 11 nitrogen and oxygen atoms in total. The Kier molecular flexibility index (Phi) is 16.0. The Labute approximate surface area is 263 Å². The fourth-order valence-corrected chi connectivity index (χ4v) is 3.89. The maximum Gasteiger partial charge on any atom is 0.247 e. The Balaban J connectivity index is 1.44. The van der Waals surface area contributed by atoms with Gasteiger partial charge in [0.2, 0.25) is 5.91 Å². The number of aromatic nitrogens is 2. The summed E-state index contributed by atoms with van der Waals surface area (Å²) in [5, 5.41) is 6.33. The van der Waals surface area contributed by atoms with Crippen molar-refractivity contribution < 1.29 is 42.0 Å². The summed E-state index contributed by atoms with van der Waals surface area (Å²) in [6, 6.07) is 5.67. The minimum atomic E-state index is -0.624. The van der Waals surface area contributed by atoms with Crippen LogP contribution in [0, 0.1) is 5.82 Å². The summed E-state index contributed by atoms with van der Waals surface area (Å²) in [5.74, 6) is -0.472. The Morgan fingerprint density at radius 3 is 1.95 bits per heavy atom. The molecule has 44 heavy (non-hydrogen) atoms. The summed E-state index contributed by atoms with van der Waals surface area (Å²) in [7, 11) is 0. The molecule has 0 bridgehead atoms. The van der Waals surface area contributed by atoms with Gasteiger partial charge in [-0.05, 0) is 24.3 Å². The third-order valence-electron chi connectivity index (χ3n) is 5.64. The molecule has 15 heteroatoms. The number of nitrogens with zero attached hydrogens (tertiary/aromatic N) is 2. The second kappa shape index (κ2) is 20.0. The number of carbonyl (C=O) groups is 1. The number of anilines is 3. The Morgan fingerprint density at radius 2 is 1.36 bits per heavy atom. The molecule has 0 saturated carbocycles. The Morgan fingerprint density at radius 1 is 0.795 bits per heavy atom. The van der Waals surface area contributed by atoms with Crippen LogP contribution in [0.25, 0.3) is 10.9 Å². The first-order valence-electron chi connectivity index (χ1n) is 13.6. The van der Waals surface area contributed by atoms with Crippen molar-refractivity contribution in [1.29, 1.82) is 0 Å². The molecule has 0 aliphatic rings. The smallest absolute Gasteiger partial charge is 0.247 e. The van der Waals surface area contributed by atoms with Crippen molar-refractivity contribution >= 4 is 57.2 Å². The summed E-state index contributed by atoms with van der Waals surface area (Å²) in [5.41, 5.74) is 0.860. The predicted octanol–water partition coefficient (Wildman–Crippen LogP) is 5.38. The van der Waals surface area contributed by atoms with Crippen molar-refractivity contribution in [2.45, 2.75) is 0 Å². The van der Waals surface area contributed by atoms with Crippen molar-refractivity contribution in [2.24, 2.45) is 0 Å². The lowest BCUT2D eigenvalue weighted by Crippen LogP contribution is -2.15. The molecule has 0 atom stereocenters. The van der Waals surface area contributed by atoms with Gasteiger partial charge < -0.3 is 39.1 Å². The second-order valence-electron chi connectivity index (χ2n) is 8.75. The van der Waals surface area contributed by atoms with E-state index in [1.165, 1.54) is 12.4 Å².